The van der Waals surface area contributed by atoms with Gasteiger partial charge in [-0.15, -0.1) is 11.3 Å². The molecule has 0 saturated carbocycles. The molecule has 1 heterocycles. The van der Waals surface area contributed by atoms with Crippen LogP contribution in [-0.2, 0) is 4.74 Å². The Morgan fingerprint density at radius 3 is 2.63 bits per heavy atom. The Kier molecular flexibility index (Phi) is 5.57. The van der Waals surface area contributed by atoms with Gasteiger partial charge >= 0.3 is 0 Å². The number of carbonyl (C=O) groups is 1. The highest BCUT2D eigenvalue weighted by molar-refractivity contribution is 9.10. The monoisotopic (exact) mass is 340 g/mol. The Balaban J connectivity index is 1.65. The first-order chi connectivity index (χ1) is 9.27. The summed E-state index contributed by atoms with van der Waals surface area (Å²) in [7, 11) is 0. The normalized spacial score (nSPS) is 10.4. The fraction of sp³-hybridized carbons (Fsp3) is 0.214. The van der Waals surface area contributed by atoms with Crippen molar-refractivity contribution in [3.63, 3.8) is 0 Å². The van der Waals surface area contributed by atoms with Crippen molar-refractivity contribution >= 4 is 33.0 Å². The maximum absolute atomic E-state index is 11.8. The lowest BCUT2D eigenvalue weighted by Gasteiger charge is -2.06. The van der Waals surface area contributed by atoms with Crippen molar-refractivity contribution in [3.8, 4) is 5.75 Å². The van der Waals surface area contributed by atoms with Crippen molar-refractivity contribution in [2.45, 2.75) is 0 Å². The highest BCUT2D eigenvalue weighted by atomic mass is 79.9. The molecule has 0 atom stereocenters. The van der Waals surface area contributed by atoms with Gasteiger partial charge in [-0.05, 0) is 39.5 Å². The lowest BCUT2D eigenvalue weighted by molar-refractivity contribution is 0.0691. The van der Waals surface area contributed by atoms with Crippen LogP contribution in [0.25, 0.3) is 0 Å². The van der Waals surface area contributed by atoms with Gasteiger partial charge in [0.2, 0.25) is 0 Å². The third kappa shape index (κ3) is 4.45. The molecule has 5 heteroatoms. The number of para-hydroxylation sites is 1. The molecule has 0 N–H and O–H groups in total. The average Bonchev–Trinajstić information content (AvgIpc) is 2.86. The van der Waals surface area contributed by atoms with E-state index in [0.717, 1.165) is 10.2 Å². The summed E-state index contributed by atoms with van der Waals surface area (Å²) in [4.78, 5) is 12.5. The zero-order chi connectivity index (χ0) is 13.5. The molecule has 1 aromatic carbocycles. The minimum absolute atomic E-state index is 0.0124. The van der Waals surface area contributed by atoms with Gasteiger partial charge < -0.3 is 9.47 Å². The number of hydrogen-bond donors (Lipinski definition) is 0. The van der Waals surface area contributed by atoms with Gasteiger partial charge in [0.05, 0.1) is 11.5 Å². The van der Waals surface area contributed by atoms with Crippen LogP contribution in [0.2, 0.25) is 0 Å². The van der Waals surface area contributed by atoms with Gasteiger partial charge in [0, 0.05) is 4.47 Å². The predicted octanol–water partition coefficient (Wildman–Crippen LogP) is 3.79. The number of Topliss-reactive ketones (excluding diaryl/α,β-unsaturated/α-hetero) is 1. The van der Waals surface area contributed by atoms with E-state index in [2.05, 4.69) is 15.9 Å². The number of carbonyl (C=O) groups excluding carboxylic acids is 1. The van der Waals surface area contributed by atoms with E-state index in [9.17, 15) is 4.79 Å². The average molecular weight is 341 g/mol. The molecule has 0 saturated heterocycles. The fourth-order valence-electron chi connectivity index (χ4n) is 1.46. The molecule has 0 radical (unpaired) electrons. The molecule has 100 valence electrons. The Labute approximate surface area is 124 Å². The topological polar surface area (TPSA) is 35.5 Å². The zero-order valence-corrected chi connectivity index (χ0v) is 12.6. The first-order valence-electron chi connectivity index (χ1n) is 5.79. The maximum Gasteiger partial charge on any atom is 0.199 e. The molecule has 0 fully saturated rings. The van der Waals surface area contributed by atoms with Crippen LogP contribution in [0.5, 0.6) is 5.75 Å². The van der Waals surface area contributed by atoms with E-state index in [-0.39, 0.29) is 12.4 Å². The van der Waals surface area contributed by atoms with Crippen LogP contribution in [0.4, 0.5) is 0 Å². The number of benzene rings is 1. The second kappa shape index (κ2) is 7.43. The summed E-state index contributed by atoms with van der Waals surface area (Å²) in [5.74, 6) is 0.792. The Bertz CT molecular complexity index is 524. The van der Waals surface area contributed by atoms with Gasteiger partial charge in [0.15, 0.2) is 5.78 Å². The van der Waals surface area contributed by atoms with E-state index in [0.29, 0.717) is 18.1 Å². The zero-order valence-electron chi connectivity index (χ0n) is 10.2. The molecule has 0 bridgehead atoms. The summed E-state index contributed by atoms with van der Waals surface area (Å²) in [5.41, 5.74) is 0. The summed E-state index contributed by atoms with van der Waals surface area (Å²) in [6.07, 6.45) is 0. The van der Waals surface area contributed by atoms with E-state index in [1.807, 2.05) is 41.8 Å². The predicted molar refractivity (Wildman–Crippen MR) is 79.1 cm³/mol. The van der Waals surface area contributed by atoms with Crippen LogP contribution in [0.15, 0.2) is 46.3 Å². The first-order valence-corrected chi connectivity index (χ1v) is 7.46. The van der Waals surface area contributed by atoms with Crippen molar-refractivity contribution in [2.24, 2.45) is 0 Å². The standard InChI is InChI=1S/C14H13BrO3S/c15-12-6-9-19-14(12)13(16)10-17-7-8-18-11-4-2-1-3-5-11/h1-6,9H,7-8,10H2. The second-order valence-corrected chi connectivity index (χ2v) is 5.51. The number of thiophene rings is 1. The highest BCUT2D eigenvalue weighted by Gasteiger charge is 2.11. The fourth-order valence-corrected chi connectivity index (χ4v) is 2.98. The molecule has 3 nitrogen and oxygen atoms in total. The number of rotatable bonds is 7. The number of hydrogen-bond acceptors (Lipinski definition) is 4. The Hall–Kier alpha value is -1.17. The molecule has 19 heavy (non-hydrogen) atoms. The van der Waals surface area contributed by atoms with Crippen LogP contribution in [-0.4, -0.2) is 25.6 Å². The summed E-state index contributed by atoms with van der Waals surface area (Å²) >= 11 is 4.74. The van der Waals surface area contributed by atoms with E-state index in [4.69, 9.17) is 9.47 Å². The van der Waals surface area contributed by atoms with E-state index in [1.54, 1.807) is 0 Å². The van der Waals surface area contributed by atoms with Crippen LogP contribution >= 0.6 is 27.3 Å². The lowest BCUT2D eigenvalue weighted by Crippen LogP contribution is -2.13. The third-order valence-corrected chi connectivity index (χ3v) is 4.22. The number of ketones is 1. The van der Waals surface area contributed by atoms with Crippen LogP contribution in [0.3, 0.4) is 0 Å². The highest BCUT2D eigenvalue weighted by Crippen LogP contribution is 2.22. The third-order valence-electron chi connectivity index (χ3n) is 2.34. The van der Waals surface area contributed by atoms with E-state index >= 15 is 0 Å². The van der Waals surface area contributed by atoms with Crippen molar-refractivity contribution in [1.29, 1.82) is 0 Å². The summed E-state index contributed by atoms with van der Waals surface area (Å²) in [6.45, 7) is 0.907. The molecular weight excluding hydrogens is 328 g/mol. The molecule has 2 aromatic rings. The van der Waals surface area contributed by atoms with Gasteiger partial charge in [-0.2, -0.15) is 0 Å². The van der Waals surface area contributed by atoms with Gasteiger partial charge in [0.1, 0.15) is 19.0 Å². The number of halogens is 1. The van der Waals surface area contributed by atoms with Crippen molar-refractivity contribution < 1.29 is 14.3 Å². The molecule has 0 spiro atoms. The molecular formula is C14H13BrO3S. The quantitative estimate of drug-likeness (QED) is 0.568. The second-order valence-electron chi connectivity index (χ2n) is 3.73. The molecule has 1 aromatic heterocycles. The first kappa shape index (κ1) is 14.2. The van der Waals surface area contributed by atoms with Crippen LogP contribution < -0.4 is 4.74 Å². The van der Waals surface area contributed by atoms with E-state index < -0.39 is 0 Å². The summed E-state index contributed by atoms with van der Waals surface area (Å²) < 4.78 is 11.6. The molecule has 0 aliphatic rings. The van der Waals surface area contributed by atoms with Crippen molar-refractivity contribution in [1.82, 2.24) is 0 Å². The van der Waals surface area contributed by atoms with E-state index in [1.165, 1.54) is 11.3 Å². The van der Waals surface area contributed by atoms with Crippen molar-refractivity contribution in [3.05, 3.63) is 51.1 Å². The van der Waals surface area contributed by atoms with Crippen molar-refractivity contribution in [2.75, 3.05) is 19.8 Å². The lowest BCUT2D eigenvalue weighted by atomic mass is 10.3. The maximum atomic E-state index is 11.8. The smallest absolute Gasteiger partial charge is 0.199 e. The Morgan fingerprint density at radius 2 is 1.95 bits per heavy atom. The van der Waals surface area contributed by atoms with Crippen LogP contribution in [0, 0.1) is 0 Å². The molecule has 2 rings (SSSR count). The summed E-state index contributed by atoms with van der Waals surface area (Å²) in [5, 5.41) is 1.87. The minimum Gasteiger partial charge on any atom is -0.491 e. The molecule has 0 unspecified atom stereocenters. The summed E-state index contributed by atoms with van der Waals surface area (Å²) in [6, 6.07) is 11.4. The van der Waals surface area contributed by atoms with Gasteiger partial charge in [-0.25, -0.2) is 0 Å². The molecule has 0 aliphatic heterocycles. The SMILES string of the molecule is O=C(COCCOc1ccccc1)c1sccc1Br. The molecule has 0 amide bonds. The largest absolute Gasteiger partial charge is 0.491 e. The minimum atomic E-state index is -0.0124. The van der Waals surface area contributed by atoms with Gasteiger partial charge in [-0.3, -0.25) is 4.79 Å². The van der Waals surface area contributed by atoms with Crippen LogP contribution in [0.1, 0.15) is 9.67 Å². The van der Waals surface area contributed by atoms with Gasteiger partial charge in [0.25, 0.3) is 0 Å². The van der Waals surface area contributed by atoms with Gasteiger partial charge in [-0.1, -0.05) is 18.2 Å². The molecule has 0 aliphatic carbocycles. The Morgan fingerprint density at radius 1 is 1.16 bits per heavy atom. The number of ether oxygens (including phenoxy) is 2.